The van der Waals surface area contributed by atoms with Gasteiger partial charge in [-0.05, 0) is 23.5 Å². The summed E-state index contributed by atoms with van der Waals surface area (Å²) < 4.78 is 17.4. The summed E-state index contributed by atoms with van der Waals surface area (Å²) >= 11 is 3.84. The second-order valence-electron chi connectivity index (χ2n) is 5.81. The van der Waals surface area contributed by atoms with Crippen molar-refractivity contribution in [2.75, 3.05) is 25.2 Å². The maximum Gasteiger partial charge on any atom is 0.183 e. The molecule has 0 amide bonds. The van der Waals surface area contributed by atoms with E-state index in [2.05, 4.69) is 0 Å². The first-order valence-electron chi connectivity index (χ1n) is 8.01. The molecule has 2 saturated heterocycles. The van der Waals surface area contributed by atoms with E-state index in [1.54, 1.807) is 7.11 Å². The molecular formula is C17H24O4S2. The summed E-state index contributed by atoms with van der Waals surface area (Å²) in [6.07, 6.45) is -0.0260. The minimum atomic E-state index is -0.589. The molecule has 0 aliphatic carbocycles. The quantitative estimate of drug-likeness (QED) is 0.846. The highest BCUT2D eigenvalue weighted by Gasteiger charge is 2.48. The van der Waals surface area contributed by atoms with Gasteiger partial charge in [0.25, 0.3) is 0 Å². The van der Waals surface area contributed by atoms with Crippen LogP contribution in [-0.4, -0.2) is 53.4 Å². The molecule has 2 aliphatic rings. The third-order valence-corrected chi connectivity index (χ3v) is 7.36. The highest BCUT2D eigenvalue weighted by atomic mass is 32.2. The summed E-state index contributed by atoms with van der Waals surface area (Å²) in [6, 6.07) is 10.1. The van der Waals surface area contributed by atoms with Crippen molar-refractivity contribution in [3.63, 3.8) is 0 Å². The van der Waals surface area contributed by atoms with Crippen molar-refractivity contribution in [2.24, 2.45) is 5.92 Å². The van der Waals surface area contributed by atoms with E-state index in [1.165, 1.54) is 6.42 Å². The molecule has 3 rings (SSSR count). The third kappa shape index (κ3) is 4.44. The first-order chi connectivity index (χ1) is 11.3. The van der Waals surface area contributed by atoms with E-state index in [-0.39, 0.29) is 12.0 Å². The topological polar surface area (TPSA) is 47.9 Å². The van der Waals surface area contributed by atoms with Gasteiger partial charge in [0, 0.05) is 13.0 Å². The standard InChI is InChI=1S/C17H24O4S2/c1-19-16-15(18)14(17-22-8-5-9-23-17)13(21-16)11-20-10-12-6-3-2-4-7-12/h2-4,6-7,13-18H,5,8-11H2,1H3/t13-,14-,15+,16+/m1/s1. The lowest BCUT2D eigenvalue weighted by Gasteiger charge is -2.31. The zero-order chi connectivity index (χ0) is 16.1. The van der Waals surface area contributed by atoms with Crippen LogP contribution in [-0.2, 0) is 20.8 Å². The van der Waals surface area contributed by atoms with Gasteiger partial charge >= 0.3 is 0 Å². The number of ether oxygens (including phenoxy) is 3. The summed E-state index contributed by atoms with van der Waals surface area (Å²) in [6.45, 7) is 1.04. The van der Waals surface area contributed by atoms with Crippen molar-refractivity contribution in [1.82, 2.24) is 0 Å². The predicted octanol–water partition coefficient (Wildman–Crippen LogP) is 2.75. The van der Waals surface area contributed by atoms with Crippen LogP contribution in [0.1, 0.15) is 12.0 Å². The fraction of sp³-hybridized carbons (Fsp3) is 0.647. The first-order valence-corrected chi connectivity index (χ1v) is 10.1. The Hall–Kier alpha value is -0.240. The van der Waals surface area contributed by atoms with Crippen molar-refractivity contribution in [1.29, 1.82) is 0 Å². The predicted molar refractivity (Wildman–Crippen MR) is 94.6 cm³/mol. The minimum Gasteiger partial charge on any atom is -0.387 e. The van der Waals surface area contributed by atoms with Crippen molar-refractivity contribution < 1.29 is 19.3 Å². The summed E-state index contributed by atoms with van der Waals surface area (Å²) in [7, 11) is 1.58. The van der Waals surface area contributed by atoms with Gasteiger partial charge in [-0.25, -0.2) is 0 Å². The van der Waals surface area contributed by atoms with Crippen LogP contribution in [0, 0.1) is 5.92 Å². The van der Waals surface area contributed by atoms with E-state index >= 15 is 0 Å². The normalized spacial score (nSPS) is 32.3. The van der Waals surface area contributed by atoms with Crippen LogP contribution < -0.4 is 0 Å². The second kappa shape index (κ2) is 8.74. The molecule has 0 radical (unpaired) electrons. The van der Waals surface area contributed by atoms with Gasteiger partial charge in [0.2, 0.25) is 0 Å². The van der Waals surface area contributed by atoms with Crippen LogP contribution in [0.2, 0.25) is 0 Å². The molecule has 4 nitrogen and oxygen atoms in total. The Kier molecular flexibility index (Phi) is 6.68. The average molecular weight is 357 g/mol. The number of rotatable bonds is 6. The van der Waals surface area contributed by atoms with E-state index in [1.807, 2.05) is 53.9 Å². The van der Waals surface area contributed by atoms with Gasteiger partial charge in [0.15, 0.2) is 6.29 Å². The van der Waals surface area contributed by atoms with E-state index in [0.29, 0.717) is 17.8 Å². The molecule has 1 aromatic rings. The first kappa shape index (κ1) is 17.6. The molecule has 0 spiro atoms. The number of methoxy groups -OCH3 is 1. The van der Waals surface area contributed by atoms with Gasteiger partial charge in [-0.2, -0.15) is 0 Å². The fourth-order valence-electron chi connectivity index (χ4n) is 3.02. The van der Waals surface area contributed by atoms with E-state index in [0.717, 1.165) is 17.1 Å². The number of hydrogen-bond donors (Lipinski definition) is 1. The van der Waals surface area contributed by atoms with Crippen molar-refractivity contribution in [3.05, 3.63) is 35.9 Å². The lowest BCUT2D eigenvalue weighted by molar-refractivity contribution is -0.156. The Balaban J connectivity index is 1.58. The molecule has 128 valence electrons. The Morgan fingerprint density at radius 1 is 1.22 bits per heavy atom. The molecule has 0 saturated carbocycles. The van der Waals surface area contributed by atoms with Crippen LogP contribution in [0.3, 0.4) is 0 Å². The zero-order valence-electron chi connectivity index (χ0n) is 13.3. The van der Waals surface area contributed by atoms with E-state index in [9.17, 15) is 5.11 Å². The van der Waals surface area contributed by atoms with E-state index < -0.39 is 12.4 Å². The van der Waals surface area contributed by atoms with Gasteiger partial charge < -0.3 is 19.3 Å². The Morgan fingerprint density at radius 2 is 1.96 bits per heavy atom. The Bertz CT molecular complexity index is 467. The number of benzene rings is 1. The number of aliphatic hydroxyl groups is 1. The summed E-state index contributed by atoms with van der Waals surface area (Å²) in [5.41, 5.74) is 1.15. The molecule has 2 heterocycles. The Morgan fingerprint density at radius 3 is 2.65 bits per heavy atom. The second-order valence-corrected chi connectivity index (χ2v) is 8.61. The molecule has 1 N–H and O–H groups in total. The molecule has 1 aromatic carbocycles. The molecule has 0 unspecified atom stereocenters. The molecule has 6 heteroatoms. The highest BCUT2D eigenvalue weighted by Crippen LogP contribution is 2.43. The van der Waals surface area contributed by atoms with Gasteiger partial charge in [-0.1, -0.05) is 30.3 Å². The van der Waals surface area contributed by atoms with Gasteiger partial charge in [0.1, 0.15) is 6.10 Å². The van der Waals surface area contributed by atoms with Crippen LogP contribution in [0.4, 0.5) is 0 Å². The minimum absolute atomic E-state index is 0.0472. The molecule has 2 fully saturated rings. The molecular weight excluding hydrogens is 332 g/mol. The number of hydrogen-bond acceptors (Lipinski definition) is 6. The van der Waals surface area contributed by atoms with Crippen LogP contribution in [0.5, 0.6) is 0 Å². The van der Waals surface area contributed by atoms with Crippen molar-refractivity contribution in [3.8, 4) is 0 Å². The summed E-state index contributed by atoms with van der Waals surface area (Å²) in [4.78, 5) is 0. The number of aliphatic hydroxyl groups excluding tert-OH is 1. The Labute approximate surface area is 146 Å². The van der Waals surface area contributed by atoms with E-state index in [4.69, 9.17) is 14.2 Å². The summed E-state index contributed by atoms with van der Waals surface area (Å²) in [5.74, 6) is 2.35. The molecule has 2 aliphatic heterocycles. The van der Waals surface area contributed by atoms with Crippen LogP contribution >= 0.6 is 23.5 Å². The summed E-state index contributed by atoms with van der Waals surface area (Å²) in [5, 5.41) is 10.6. The lowest BCUT2D eigenvalue weighted by atomic mass is 10.0. The van der Waals surface area contributed by atoms with Gasteiger partial charge in [-0.3, -0.25) is 0 Å². The fourth-order valence-corrected chi connectivity index (χ4v) is 6.37. The molecule has 0 bridgehead atoms. The van der Waals surface area contributed by atoms with Gasteiger partial charge in [0.05, 0.1) is 23.9 Å². The van der Waals surface area contributed by atoms with Crippen molar-refractivity contribution >= 4 is 23.5 Å². The molecule has 23 heavy (non-hydrogen) atoms. The van der Waals surface area contributed by atoms with Crippen LogP contribution in [0.15, 0.2) is 30.3 Å². The number of thioether (sulfide) groups is 2. The zero-order valence-corrected chi connectivity index (χ0v) is 14.9. The lowest BCUT2D eigenvalue weighted by Crippen LogP contribution is -2.37. The maximum atomic E-state index is 10.6. The molecule has 4 atom stereocenters. The van der Waals surface area contributed by atoms with Crippen molar-refractivity contribution in [2.45, 2.75) is 36.1 Å². The SMILES string of the molecule is CO[C@H]1O[C@H](COCc2ccccc2)[C@@H](C2SCCCS2)[C@@H]1O. The highest BCUT2D eigenvalue weighted by molar-refractivity contribution is 8.17. The molecule has 0 aromatic heterocycles. The monoisotopic (exact) mass is 356 g/mol. The van der Waals surface area contributed by atoms with Gasteiger partial charge in [-0.15, -0.1) is 23.5 Å². The third-order valence-electron chi connectivity index (χ3n) is 4.20. The maximum absolute atomic E-state index is 10.6. The van der Waals surface area contributed by atoms with Crippen LogP contribution in [0.25, 0.3) is 0 Å². The largest absolute Gasteiger partial charge is 0.387 e. The average Bonchev–Trinajstić information content (AvgIpc) is 2.92. The smallest absolute Gasteiger partial charge is 0.183 e.